The number of ether oxygens (including phenoxy) is 1. The second-order valence-electron chi connectivity index (χ2n) is 6.67. The highest BCUT2D eigenvalue weighted by Gasteiger charge is 2.15. The third kappa shape index (κ3) is 3.73. The third-order valence-electron chi connectivity index (χ3n) is 4.37. The van der Waals surface area contributed by atoms with Gasteiger partial charge in [0, 0.05) is 29.8 Å². The Kier molecular flexibility index (Phi) is 4.94. The molecular weight excluding hydrogens is 336 g/mol. The number of nitrogens with zero attached hydrogens (tertiary/aromatic N) is 4. The zero-order chi connectivity index (χ0) is 18.6. The van der Waals surface area contributed by atoms with Crippen LogP contribution in [-0.4, -0.2) is 32.5 Å². The molecule has 0 fully saturated rings. The van der Waals surface area contributed by atoms with E-state index in [0.29, 0.717) is 18.9 Å². The smallest absolute Gasteiger partial charge is 0.183 e. The van der Waals surface area contributed by atoms with E-state index in [1.54, 1.807) is 12.4 Å². The SMILES string of the molecule is CC(C)OCCc1nc(-c2cccnc2)nn1-c1cccc2ccccc12. The lowest BCUT2D eigenvalue weighted by Gasteiger charge is -2.10. The van der Waals surface area contributed by atoms with Gasteiger partial charge in [-0.25, -0.2) is 9.67 Å². The second kappa shape index (κ2) is 7.68. The predicted molar refractivity (Wildman–Crippen MR) is 107 cm³/mol. The van der Waals surface area contributed by atoms with Crippen molar-refractivity contribution in [2.24, 2.45) is 0 Å². The van der Waals surface area contributed by atoms with Crippen molar-refractivity contribution < 1.29 is 4.74 Å². The van der Waals surface area contributed by atoms with Crippen molar-refractivity contribution in [2.45, 2.75) is 26.4 Å². The van der Waals surface area contributed by atoms with Gasteiger partial charge in [0.1, 0.15) is 5.82 Å². The molecule has 2 aromatic heterocycles. The van der Waals surface area contributed by atoms with Crippen molar-refractivity contribution in [3.05, 3.63) is 72.8 Å². The molecule has 0 saturated carbocycles. The largest absolute Gasteiger partial charge is 0.378 e. The van der Waals surface area contributed by atoms with Gasteiger partial charge >= 0.3 is 0 Å². The number of benzene rings is 2. The van der Waals surface area contributed by atoms with Crippen LogP contribution < -0.4 is 0 Å². The Balaban J connectivity index is 1.81. The molecule has 5 nitrogen and oxygen atoms in total. The first-order chi connectivity index (χ1) is 13.2. The molecule has 0 amide bonds. The summed E-state index contributed by atoms with van der Waals surface area (Å²) in [5, 5.41) is 7.13. The van der Waals surface area contributed by atoms with E-state index >= 15 is 0 Å². The molecule has 4 rings (SSSR count). The Morgan fingerprint density at radius 3 is 2.67 bits per heavy atom. The van der Waals surface area contributed by atoms with Crippen LogP contribution in [0, 0.1) is 0 Å². The molecule has 4 aromatic rings. The van der Waals surface area contributed by atoms with Crippen molar-refractivity contribution in [3.8, 4) is 17.1 Å². The van der Waals surface area contributed by atoms with Crippen LogP contribution in [0.25, 0.3) is 27.8 Å². The summed E-state index contributed by atoms with van der Waals surface area (Å²) in [5.41, 5.74) is 1.93. The highest BCUT2D eigenvalue weighted by molar-refractivity contribution is 5.90. The average molecular weight is 358 g/mol. The molecular formula is C22H22N4O. The van der Waals surface area contributed by atoms with Crippen LogP contribution in [0.15, 0.2) is 67.0 Å². The Bertz CT molecular complexity index is 1040. The minimum atomic E-state index is 0.191. The van der Waals surface area contributed by atoms with E-state index in [0.717, 1.165) is 22.5 Å². The topological polar surface area (TPSA) is 52.8 Å². The fraction of sp³-hybridized carbons (Fsp3) is 0.227. The van der Waals surface area contributed by atoms with E-state index in [1.807, 2.05) is 42.8 Å². The monoisotopic (exact) mass is 358 g/mol. The summed E-state index contributed by atoms with van der Waals surface area (Å²) in [7, 11) is 0. The van der Waals surface area contributed by atoms with Crippen LogP contribution in [0.3, 0.4) is 0 Å². The molecule has 27 heavy (non-hydrogen) atoms. The first-order valence-electron chi connectivity index (χ1n) is 9.18. The van der Waals surface area contributed by atoms with E-state index in [2.05, 4.69) is 35.3 Å². The molecule has 0 atom stereocenters. The summed E-state index contributed by atoms with van der Waals surface area (Å²) in [4.78, 5) is 8.99. The quantitative estimate of drug-likeness (QED) is 0.511. The van der Waals surface area contributed by atoms with Crippen LogP contribution >= 0.6 is 0 Å². The van der Waals surface area contributed by atoms with Gasteiger partial charge in [0.25, 0.3) is 0 Å². The molecule has 0 aliphatic carbocycles. The van der Waals surface area contributed by atoms with E-state index in [1.165, 1.54) is 5.39 Å². The van der Waals surface area contributed by atoms with E-state index < -0.39 is 0 Å². The normalized spacial score (nSPS) is 11.4. The van der Waals surface area contributed by atoms with Crippen LogP contribution in [-0.2, 0) is 11.2 Å². The first kappa shape index (κ1) is 17.4. The fourth-order valence-electron chi connectivity index (χ4n) is 3.10. The van der Waals surface area contributed by atoms with Gasteiger partial charge in [-0.15, -0.1) is 5.10 Å². The molecule has 136 valence electrons. The molecule has 0 N–H and O–H groups in total. The summed E-state index contributed by atoms with van der Waals surface area (Å²) in [6.45, 7) is 4.68. The molecule has 0 saturated heterocycles. The summed E-state index contributed by atoms with van der Waals surface area (Å²) < 4.78 is 7.68. The van der Waals surface area contributed by atoms with Gasteiger partial charge < -0.3 is 4.74 Å². The standard InChI is InChI=1S/C22H22N4O/c1-16(2)27-14-12-21-24-22(18-9-6-13-23-15-18)25-26(21)20-11-5-8-17-7-3-4-10-19(17)20/h3-11,13,15-16H,12,14H2,1-2H3. The van der Waals surface area contributed by atoms with Crippen molar-refractivity contribution in [1.82, 2.24) is 19.7 Å². The summed E-state index contributed by atoms with van der Waals surface area (Å²) in [6.07, 6.45) is 4.42. The molecule has 0 unspecified atom stereocenters. The maximum absolute atomic E-state index is 5.75. The number of hydrogen-bond acceptors (Lipinski definition) is 4. The van der Waals surface area contributed by atoms with Gasteiger partial charge in [-0.3, -0.25) is 4.98 Å². The number of aromatic nitrogens is 4. The zero-order valence-electron chi connectivity index (χ0n) is 15.5. The van der Waals surface area contributed by atoms with Crippen molar-refractivity contribution in [2.75, 3.05) is 6.61 Å². The number of fused-ring (bicyclic) bond motifs is 1. The fourth-order valence-corrected chi connectivity index (χ4v) is 3.10. The number of hydrogen-bond donors (Lipinski definition) is 0. The van der Waals surface area contributed by atoms with Crippen LogP contribution in [0.4, 0.5) is 0 Å². The molecule has 2 heterocycles. The van der Waals surface area contributed by atoms with Gasteiger partial charge in [-0.2, -0.15) is 0 Å². The summed E-state index contributed by atoms with van der Waals surface area (Å²) in [5.74, 6) is 1.56. The third-order valence-corrected chi connectivity index (χ3v) is 4.37. The summed E-state index contributed by atoms with van der Waals surface area (Å²) in [6, 6.07) is 18.4. The van der Waals surface area contributed by atoms with Gasteiger partial charge in [0.2, 0.25) is 0 Å². The Labute approximate surface area is 158 Å². The predicted octanol–water partition coefficient (Wildman–Crippen LogP) is 4.45. The van der Waals surface area contributed by atoms with Crippen molar-refractivity contribution >= 4 is 10.8 Å². The highest BCUT2D eigenvalue weighted by atomic mass is 16.5. The van der Waals surface area contributed by atoms with Crippen LogP contribution in [0.1, 0.15) is 19.7 Å². The number of pyridine rings is 1. The average Bonchev–Trinajstić information content (AvgIpc) is 3.12. The Hall–Kier alpha value is -3.05. The Morgan fingerprint density at radius 2 is 1.85 bits per heavy atom. The number of rotatable bonds is 6. The van der Waals surface area contributed by atoms with E-state index in [-0.39, 0.29) is 6.10 Å². The lowest BCUT2D eigenvalue weighted by Crippen LogP contribution is -2.10. The first-order valence-corrected chi connectivity index (χ1v) is 9.18. The Morgan fingerprint density at radius 1 is 1.00 bits per heavy atom. The van der Waals surface area contributed by atoms with Crippen molar-refractivity contribution in [3.63, 3.8) is 0 Å². The summed E-state index contributed by atoms with van der Waals surface area (Å²) >= 11 is 0. The molecule has 0 spiro atoms. The minimum absolute atomic E-state index is 0.191. The molecule has 5 heteroatoms. The molecule has 0 radical (unpaired) electrons. The van der Waals surface area contributed by atoms with Crippen LogP contribution in [0.5, 0.6) is 0 Å². The molecule has 0 aliphatic heterocycles. The van der Waals surface area contributed by atoms with Gasteiger partial charge in [0.05, 0.1) is 18.4 Å². The minimum Gasteiger partial charge on any atom is -0.378 e. The maximum Gasteiger partial charge on any atom is 0.183 e. The van der Waals surface area contributed by atoms with Crippen molar-refractivity contribution in [1.29, 1.82) is 0 Å². The lowest BCUT2D eigenvalue weighted by molar-refractivity contribution is 0.0802. The van der Waals surface area contributed by atoms with Crippen LogP contribution in [0.2, 0.25) is 0 Å². The molecule has 0 aliphatic rings. The van der Waals surface area contributed by atoms with Gasteiger partial charge in [-0.05, 0) is 37.4 Å². The van der Waals surface area contributed by atoms with Gasteiger partial charge in [-0.1, -0.05) is 36.4 Å². The lowest BCUT2D eigenvalue weighted by atomic mass is 10.1. The second-order valence-corrected chi connectivity index (χ2v) is 6.67. The van der Waals surface area contributed by atoms with E-state index in [9.17, 15) is 0 Å². The highest BCUT2D eigenvalue weighted by Crippen LogP contribution is 2.24. The zero-order valence-corrected chi connectivity index (χ0v) is 15.5. The van der Waals surface area contributed by atoms with E-state index in [4.69, 9.17) is 14.8 Å². The maximum atomic E-state index is 5.75. The van der Waals surface area contributed by atoms with Gasteiger partial charge in [0.15, 0.2) is 5.82 Å². The molecule has 2 aromatic carbocycles. The molecule has 0 bridgehead atoms.